The Morgan fingerprint density at radius 3 is 2.32 bits per heavy atom. The van der Waals surface area contributed by atoms with E-state index < -0.39 is 17.5 Å². The number of benzene rings is 1. The molecule has 3 nitrogen and oxygen atoms in total. The molecule has 0 saturated carbocycles. The summed E-state index contributed by atoms with van der Waals surface area (Å²) in [4.78, 5) is 11.9. The molecule has 2 N–H and O–H groups in total. The van der Waals surface area contributed by atoms with Crippen LogP contribution in [0.3, 0.4) is 0 Å². The largest absolute Gasteiger partial charge is 0.323 e. The van der Waals surface area contributed by atoms with E-state index in [1.54, 1.807) is 0 Å². The van der Waals surface area contributed by atoms with Crippen LogP contribution in [0, 0.1) is 23.4 Å². The summed E-state index contributed by atoms with van der Waals surface area (Å²) in [6, 6.07) is 2.06. The minimum absolute atomic E-state index is 0. The number of hydrogen-bond acceptors (Lipinski definition) is 2. The number of anilines is 1. The van der Waals surface area contributed by atoms with Gasteiger partial charge in [0, 0.05) is 30.6 Å². The zero-order valence-electron chi connectivity index (χ0n) is 11.9. The van der Waals surface area contributed by atoms with Crippen LogP contribution >= 0.6 is 12.4 Å². The summed E-state index contributed by atoms with van der Waals surface area (Å²) in [5.41, 5.74) is -0.309. The van der Waals surface area contributed by atoms with Gasteiger partial charge in [-0.2, -0.15) is 0 Å². The highest BCUT2D eigenvalue weighted by Gasteiger charge is 2.34. The Morgan fingerprint density at radius 1 is 1.09 bits per heavy atom. The van der Waals surface area contributed by atoms with Gasteiger partial charge in [-0.3, -0.25) is 4.79 Å². The number of rotatable bonds is 3. The van der Waals surface area contributed by atoms with Crippen LogP contribution in [0.15, 0.2) is 12.1 Å². The van der Waals surface area contributed by atoms with E-state index in [0.717, 1.165) is 25.7 Å². The van der Waals surface area contributed by atoms with Gasteiger partial charge in [0.25, 0.3) is 0 Å². The number of amides is 1. The molecule has 1 amide bonds. The van der Waals surface area contributed by atoms with Crippen molar-refractivity contribution in [1.29, 1.82) is 0 Å². The van der Waals surface area contributed by atoms with Gasteiger partial charge in [-0.25, -0.2) is 13.2 Å². The van der Waals surface area contributed by atoms with Crippen molar-refractivity contribution in [3.63, 3.8) is 0 Å². The van der Waals surface area contributed by atoms with Crippen molar-refractivity contribution in [2.75, 3.05) is 5.32 Å². The van der Waals surface area contributed by atoms with E-state index >= 15 is 0 Å². The van der Waals surface area contributed by atoms with Crippen LogP contribution in [0.4, 0.5) is 18.9 Å². The fraction of sp³-hybridized carbons (Fsp3) is 0.533. The standard InChI is InChI=1S/C15H17F3N2O.ClH/c16-11-6-13(18)14(7-12(11)17)20-15(21)5-8-3-9-1-2-10(4-8)19-9;/h6-10,19H,1-5H2,(H,20,21);1H. The molecule has 7 heteroatoms. The monoisotopic (exact) mass is 334 g/mol. The zero-order valence-corrected chi connectivity index (χ0v) is 12.7. The highest BCUT2D eigenvalue weighted by Crippen LogP contribution is 2.33. The second kappa shape index (κ2) is 6.87. The lowest BCUT2D eigenvalue weighted by molar-refractivity contribution is -0.117. The molecule has 2 aliphatic heterocycles. The van der Waals surface area contributed by atoms with Gasteiger partial charge in [0.2, 0.25) is 5.91 Å². The third-order valence-electron chi connectivity index (χ3n) is 4.33. The van der Waals surface area contributed by atoms with Crippen LogP contribution in [-0.4, -0.2) is 18.0 Å². The SMILES string of the molecule is Cl.O=C(CC1CC2CCC(C1)N2)Nc1cc(F)c(F)cc1F. The molecule has 1 aromatic rings. The maximum absolute atomic E-state index is 13.5. The first-order valence-corrected chi connectivity index (χ1v) is 7.21. The molecule has 2 heterocycles. The molecule has 0 spiro atoms. The van der Waals surface area contributed by atoms with E-state index in [1.165, 1.54) is 0 Å². The molecule has 0 aromatic heterocycles. The average Bonchev–Trinajstić information content (AvgIpc) is 2.75. The summed E-state index contributed by atoms with van der Waals surface area (Å²) < 4.78 is 39.4. The van der Waals surface area contributed by atoms with E-state index in [4.69, 9.17) is 0 Å². The van der Waals surface area contributed by atoms with Gasteiger partial charge < -0.3 is 10.6 Å². The van der Waals surface area contributed by atoms with E-state index in [2.05, 4.69) is 10.6 Å². The molecular formula is C15H18ClF3N2O. The number of hydrogen-bond donors (Lipinski definition) is 2. The highest BCUT2D eigenvalue weighted by atomic mass is 35.5. The van der Waals surface area contributed by atoms with Crippen molar-refractivity contribution in [3.8, 4) is 0 Å². The second-order valence-electron chi connectivity index (χ2n) is 5.97. The summed E-state index contributed by atoms with van der Waals surface area (Å²) in [7, 11) is 0. The van der Waals surface area contributed by atoms with Crippen LogP contribution in [-0.2, 0) is 4.79 Å². The van der Waals surface area contributed by atoms with Crippen LogP contribution < -0.4 is 10.6 Å². The molecular weight excluding hydrogens is 317 g/mol. The first-order chi connectivity index (χ1) is 10.0. The predicted octanol–water partition coefficient (Wildman–Crippen LogP) is 3.38. The summed E-state index contributed by atoms with van der Waals surface area (Å²) in [6.07, 6.45) is 4.43. The Kier molecular flexibility index (Phi) is 5.34. The Morgan fingerprint density at radius 2 is 1.68 bits per heavy atom. The number of carbonyl (C=O) groups is 1. The molecule has 2 aliphatic rings. The van der Waals surface area contributed by atoms with Crippen molar-refractivity contribution in [2.45, 2.75) is 44.2 Å². The Labute approximate surface area is 133 Å². The second-order valence-corrected chi connectivity index (χ2v) is 5.97. The van der Waals surface area contributed by atoms with Gasteiger partial charge in [-0.1, -0.05) is 0 Å². The lowest BCUT2D eigenvalue weighted by atomic mass is 9.89. The molecule has 1 aromatic carbocycles. The Bertz CT molecular complexity index is 558. The lowest BCUT2D eigenvalue weighted by Gasteiger charge is -2.28. The van der Waals surface area contributed by atoms with Crippen molar-refractivity contribution in [3.05, 3.63) is 29.6 Å². The predicted molar refractivity (Wildman–Crippen MR) is 79.5 cm³/mol. The van der Waals surface area contributed by atoms with Gasteiger partial charge in [0.05, 0.1) is 5.69 Å². The average molecular weight is 335 g/mol. The third-order valence-corrected chi connectivity index (χ3v) is 4.33. The molecule has 2 bridgehead atoms. The first kappa shape index (κ1) is 17.1. The van der Waals surface area contributed by atoms with Gasteiger partial charge in [-0.05, 0) is 31.6 Å². The molecule has 2 unspecified atom stereocenters. The van der Waals surface area contributed by atoms with Crippen molar-refractivity contribution in [1.82, 2.24) is 5.32 Å². The first-order valence-electron chi connectivity index (χ1n) is 7.21. The molecule has 2 atom stereocenters. The zero-order chi connectivity index (χ0) is 15.0. The van der Waals surface area contributed by atoms with Crippen LogP contribution in [0.25, 0.3) is 0 Å². The van der Waals surface area contributed by atoms with Crippen molar-refractivity contribution in [2.24, 2.45) is 5.92 Å². The minimum atomic E-state index is -1.26. The van der Waals surface area contributed by atoms with E-state index in [1.807, 2.05) is 0 Å². The highest BCUT2D eigenvalue weighted by molar-refractivity contribution is 5.91. The molecule has 0 radical (unpaired) electrons. The van der Waals surface area contributed by atoms with Gasteiger partial charge >= 0.3 is 0 Å². The van der Waals surface area contributed by atoms with Gasteiger partial charge in [-0.15, -0.1) is 12.4 Å². The lowest BCUT2D eigenvalue weighted by Crippen LogP contribution is -2.39. The molecule has 122 valence electrons. The quantitative estimate of drug-likeness (QED) is 0.832. The maximum Gasteiger partial charge on any atom is 0.224 e. The minimum Gasteiger partial charge on any atom is -0.323 e. The molecule has 0 aliphatic carbocycles. The Hall–Kier alpha value is -1.27. The topological polar surface area (TPSA) is 41.1 Å². The molecule has 2 saturated heterocycles. The van der Waals surface area contributed by atoms with E-state index in [-0.39, 0.29) is 36.3 Å². The van der Waals surface area contributed by atoms with Crippen LogP contribution in [0.2, 0.25) is 0 Å². The van der Waals surface area contributed by atoms with Crippen molar-refractivity contribution < 1.29 is 18.0 Å². The number of halogens is 4. The van der Waals surface area contributed by atoms with Gasteiger partial charge in [0.15, 0.2) is 11.6 Å². The number of carbonyl (C=O) groups excluding carboxylic acids is 1. The smallest absolute Gasteiger partial charge is 0.224 e. The number of nitrogens with one attached hydrogen (secondary N) is 2. The van der Waals surface area contributed by atoms with Crippen LogP contribution in [0.1, 0.15) is 32.1 Å². The summed E-state index contributed by atoms with van der Waals surface area (Å²) in [6.45, 7) is 0. The summed E-state index contributed by atoms with van der Waals surface area (Å²) in [5, 5.41) is 5.82. The fourth-order valence-electron chi connectivity index (χ4n) is 3.42. The van der Waals surface area contributed by atoms with Crippen molar-refractivity contribution >= 4 is 24.0 Å². The van der Waals surface area contributed by atoms with Crippen LogP contribution in [0.5, 0.6) is 0 Å². The molecule has 22 heavy (non-hydrogen) atoms. The Balaban J connectivity index is 0.00000176. The van der Waals surface area contributed by atoms with Gasteiger partial charge in [0.1, 0.15) is 5.82 Å². The summed E-state index contributed by atoms with van der Waals surface area (Å²) in [5.74, 6) is -3.50. The number of fused-ring (bicyclic) bond motifs is 2. The molecule has 3 rings (SSSR count). The molecule has 2 fully saturated rings. The fourth-order valence-corrected chi connectivity index (χ4v) is 3.42. The maximum atomic E-state index is 13.5. The normalized spacial score (nSPS) is 26.4. The third kappa shape index (κ3) is 3.73. The van der Waals surface area contributed by atoms with E-state index in [9.17, 15) is 18.0 Å². The number of piperidine rings is 1. The van der Waals surface area contributed by atoms with E-state index in [0.29, 0.717) is 24.2 Å². The summed E-state index contributed by atoms with van der Waals surface area (Å²) >= 11 is 0.